The smallest absolute Gasteiger partial charge is 0.319 e. The van der Waals surface area contributed by atoms with E-state index in [0.29, 0.717) is 17.8 Å². The molecule has 24 heavy (non-hydrogen) atoms. The number of carbonyl (C=O) groups excluding carboxylic acids is 2. The van der Waals surface area contributed by atoms with Gasteiger partial charge in [0.1, 0.15) is 0 Å². The van der Waals surface area contributed by atoms with E-state index in [2.05, 4.69) is 16.0 Å². The molecule has 1 atom stereocenters. The molecule has 0 unspecified atom stereocenters. The fourth-order valence-corrected chi connectivity index (χ4v) is 2.69. The molecule has 0 bridgehead atoms. The maximum absolute atomic E-state index is 12.8. The van der Waals surface area contributed by atoms with Crippen molar-refractivity contribution in [3.63, 3.8) is 0 Å². The highest BCUT2D eigenvalue weighted by atomic mass is 16.2. The van der Waals surface area contributed by atoms with E-state index in [9.17, 15) is 9.59 Å². The van der Waals surface area contributed by atoms with Crippen LogP contribution in [0.5, 0.6) is 0 Å². The third-order valence-electron chi connectivity index (χ3n) is 3.98. The summed E-state index contributed by atoms with van der Waals surface area (Å²) >= 11 is 0. The van der Waals surface area contributed by atoms with Crippen LogP contribution in [0.25, 0.3) is 0 Å². The zero-order valence-corrected chi connectivity index (χ0v) is 15.2. The molecule has 3 amide bonds. The van der Waals surface area contributed by atoms with Crippen LogP contribution in [-0.4, -0.2) is 48.1 Å². The van der Waals surface area contributed by atoms with Gasteiger partial charge >= 0.3 is 6.03 Å². The largest absolute Gasteiger partial charge is 0.333 e. The van der Waals surface area contributed by atoms with Crippen LogP contribution in [-0.2, 0) is 0 Å². The van der Waals surface area contributed by atoms with Crippen LogP contribution >= 0.6 is 0 Å². The van der Waals surface area contributed by atoms with Gasteiger partial charge in [-0.25, -0.2) is 4.79 Å². The number of urea groups is 1. The van der Waals surface area contributed by atoms with Gasteiger partial charge in [0.25, 0.3) is 5.91 Å². The van der Waals surface area contributed by atoms with Crippen LogP contribution in [0.4, 0.5) is 10.5 Å². The molecule has 6 heteroatoms. The summed E-state index contributed by atoms with van der Waals surface area (Å²) in [5.74, 6) is 0.00304. The second-order valence-corrected chi connectivity index (χ2v) is 7.41. The van der Waals surface area contributed by atoms with E-state index in [1.54, 1.807) is 6.07 Å². The summed E-state index contributed by atoms with van der Waals surface area (Å²) in [5.41, 5.74) is 1.86. The zero-order chi connectivity index (χ0) is 17.9. The quantitative estimate of drug-likeness (QED) is 0.778. The Morgan fingerprint density at radius 2 is 2.00 bits per heavy atom. The van der Waals surface area contributed by atoms with Gasteiger partial charge in [-0.3, -0.25) is 4.79 Å². The van der Waals surface area contributed by atoms with Crippen LogP contribution in [0.3, 0.4) is 0 Å². The molecule has 3 N–H and O–H groups in total. The number of nitrogens with one attached hydrogen (secondary N) is 3. The highest BCUT2D eigenvalue weighted by Crippen LogP contribution is 2.19. The molecule has 1 fully saturated rings. The van der Waals surface area contributed by atoms with Crippen molar-refractivity contribution < 1.29 is 9.59 Å². The lowest BCUT2D eigenvalue weighted by Gasteiger charge is -2.34. The standard InChI is InChI=1S/C18H28N4O2/c1-12-6-7-14(16(23)22-9-8-19-11-13(22)2)10-15(12)20-17(24)21-18(3,4)5/h6-7,10,13,19H,8-9,11H2,1-5H3,(H2,20,21,24)/t13-/m0/s1. The molecule has 132 valence electrons. The van der Waals surface area contributed by atoms with Gasteiger partial charge in [0.05, 0.1) is 0 Å². The highest BCUT2D eigenvalue weighted by Gasteiger charge is 2.24. The minimum atomic E-state index is -0.318. The number of piperazine rings is 1. The van der Waals surface area contributed by atoms with Gasteiger partial charge in [0.15, 0.2) is 0 Å². The van der Waals surface area contributed by atoms with Crippen LogP contribution in [0, 0.1) is 6.92 Å². The molecule has 0 radical (unpaired) electrons. The third-order valence-corrected chi connectivity index (χ3v) is 3.98. The number of anilines is 1. The molecule has 1 aliphatic heterocycles. The molecule has 1 aromatic rings. The number of hydrogen-bond acceptors (Lipinski definition) is 3. The van der Waals surface area contributed by atoms with E-state index in [1.165, 1.54) is 0 Å². The first-order chi connectivity index (χ1) is 11.2. The molecule has 0 aromatic heterocycles. The molecule has 1 heterocycles. The Morgan fingerprint density at radius 3 is 2.62 bits per heavy atom. The summed E-state index contributed by atoms with van der Waals surface area (Å²) in [6, 6.07) is 5.33. The molecule has 0 saturated carbocycles. The third kappa shape index (κ3) is 4.71. The summed E-state index contributed by atoms with van der Waals surface area (Å²) in [5, 5.41) is 8.98. The molecule has 1 aromatic carbocycles. The second-order valence-electron chi connectivity index (χ2n) is 7.41. The first-order valence-electron chi connectivity index (χ1n) is 8.39. The Balaban J connectivity index is 2.15. The minimum Gasteiger partial charge on any atom is -0.333 e. The number of amides is 3. The molecule has 0 spiro atoms. The molecule has 2 rings (SSSR count). The van der Waals surface area contributed by atoms with Crippen LogP contribution in [0.15, 0.2) is 18.2 Å². The number of carbonyl (C=O) groups is 2. The topological polar surface area (TPSA) is 73.5 Å². The van der Waals surface area contributed by atoms with Crippen LogP contribution in [0.2, 0.25) is 0 Å². The lowest BCUT2D eigenvalue weighted by molar-refractivity contribution is 0.0655. The fraction of sp³-hybridized carbons (Fsp3) is 0.556. The summed E-state index contributed by atoms with van der Waals surface area (Å²) in [6.07, 6.45) is 0. The molecular weight excluding hydrogens is 304 g/mol. The lowest BCUT2D eigenvalue weighted by Crippen LogP contribution is -2.52. The van der Waals surface area contributed by atoms with E-state index in [1.807, 2.05) is 51.7 Å². The zero-order valence-electron chi connectivity index (χ0n) is 15.2. The van der Waals surface area contributed by atoms with Crippen molar-refractivity contribution in [1.29, 1.82) is 0 Å². The Kier molecular flexibility index (Phi) is 5.49. The maximum atomic E-state index is 12.8. The Morgan fingerprint density at radius 1 is 1.29 bits per heavy atom. The van der Waals surface area contributed by atoms with Gasteiger partial charge in [-0.1, -0.05) is 6.07 Å². The van der Waals surface area contributed by atoms with Crippen LogP contribution < -0.4 is 16.0 Å². The van der Waals surface area contributed by atoms with Crippen molar-refractivity contribution in [3.8, 4) is 0 Å². The summed E-state index contributed by atoms with van der Waals surface area (Å²) in [7, 11) is 0. The Labute approximate surface area is 144 Å². The van der Waals surface area contributed by atoms with Gasteiger partial charge < -0.3 is 20.9 Å². The second kappa shape index (κ2) is 7.21. The van der Waals surface area contributed by atoms with Crippen molar-refractivity contribution >= 4 is 17.6 Å². The summed E-state index contributed by atoms with van der Waals surface area (Å²) in [6.45, 7) is 12.0. The van der Waals surface area contributed by atoms with E-state index in [4.69, 9.17) is 0 Å². The SMILES string of the molecule is Cc1ccc(C(=O)N2CCNC[C@@H]2C)cc1NC(=O)NC(C)(C)C. The molecule has 6 nitrogen and oxygen atoms in total. The predicted octanol–water partition coefficient (Wildman–Crippen LogP) is 2.35. The predicted molar refractivity (Wildman–Crippen MR) is 96.5 cm³/mol. The van der Waals surface area contributed by atoms with Gasteiger partial charge in [0, 0.05) is 42.5 Å². The van der Waals surface area contributed by atoms with E-state index >= 15 is 0 Å². The van der Waals surface area contributed by atoms with Crippen LogP contribution in [0.1, 0.15) is 43.6 Å². The molecule has 0 aliphatic carbocycles. The monoisotopic (exact) mass is 332 g/mol. The lowest BCUT2D eigenvalue weighted by atomic mass is 10.1. The van der Waals surface area contributed by atoms with Gasteiger partial charge in [-0.15, -0.1) is 0 Å². The Bertz CT molecular complexity index is 622. The number of benzene rings is 1. The molecule has 1 aliphatic rings. The minimum absolute atomic E-state index is 0.00304. The normalized spacial score (nSPS) is 18.2. The highest BCUT2D eigenvalue weighted by molar-refractivity contribution is 5.97. The molecule has 1 saturated heterocycles. The fourth-order valence-electron chi connectivity index (χ4n) is 2.69. The summed E-state index contributed by atoms with van der Waals surface area (Å²) in [4.78, 5) is 26.7. The number of hydrogen-bond donors (Lipinski definition) is 3. The van der Waals surface area contributed by atoms with Gasteiger partial charge in [0.2, 0.25) is 0 Å². The van der Waals surface area contributed by atoms with E-state index in [0.717, 1.165) is 18.7 Å². The van der Waals surface area contributed by atoms with Gasteiger partial charge in [-0.2, -0.15) is 0 Å². The van der Waals surface area contributed by atoms with Crippen molar-refractivity contribution in [3.05, 3.63) is 29.3 Å². The maximum Gasteiger partial charge on any atom is 0.319 e. The van der Waals surface area contributed by atoms with Crippen molar-refractivity contribution in [2.24, 2.45) is 0 Å². The Hall–Kier alpha value is -2.08. The first kappa shape index (κ1) is 18.3. The van der Waals surface area contributed by atoms with Crippen molar-refractivity contribution in [2.75, 3.05) is 25.0 Å². The number of nitrogens with zero attached hydrogens (tertiary/aromatic N) is 1. The molecular formula is C18H28N4O2. The first-order valence-corrected chi connectivity index (χ1v) is 8.39. The van der Waals surface area contributed by atoms with Crippen molar-refractivity contribution in [1.82, 2.24) is 15.5 Å². The summed E-state index contributed by atoms with van der Waals surface area (Å²) < 4.78 is 0. The average Bonchev–Trinajstić information content (AvgIpc) is 2.47. The number of rotatable bonds is 2. The number of aryl methyl sites for hydroxylation is 1. The van der Waals surface area contributed by atoms with Crippen molar-refractivity contribution in [2.45, 2.75) is 46.2 Å². The van der Waals surface area contributed by atoms with E-state index in [-0.39, 0.29) is 23.5 Å². The average molecular weight is 332 g/mol. The van der Waals surface area contributed by atoms with E-state index < -0.39 is 0 Å². The van der Waals surface area contributed by atoms with Gasteiger partial charge in [-0.05, 0) is 52.3 Å².